The van der Waals surface area contributed by atoms with Crippen molar-refractivity contribution in [2.75, 3.05) is 13.1 Å². The van der Waals surface area contributed by atoms with Crippen LogP contribution in [0.25, 0.3) is 0 Å². The molecule has 2 aliphatic carbocycles. The third kappa shape index (κ3) is 3.21. The maximum Gasteiger partial charge on any atom is 0.147 e. The van der Waals surface area contributed by atoms with Gasteiger partial charge in [-0.25, -0.2) is 0 Å². The highest BCUT2D eigenvalue weighted by Crippen LogP contribution is 2.47. The zero-order valence-electron chi connectivity index (χ0n) is 12.4. The lowest BCUT2D eigenvalue weighted by molar-refractivity contribution is 0.311. The molecule has 0 radical (unpaired) electrons. The second-order valence-corrected chi connectivity index (χ2v) is 6.58. The second kappa shape index (κ2) is 6.48. The molecule has 2 bridgehead atoms. The lowest BCUT2D eigenvalue weighted by atomic mass is 9.88. The highest BCUT2D eigenvalue weighted by molar-refractivity contribution is 5.87. The lowest BCUT2D eigenvalue weighted by Crippen LogP contribution is -2.35. The summed E-state index contributed by atoms with van der Waals surface area (Å²) in [6.07, 6.45) is 5.68. The van der Waals surface area contributed by atoms with Gasteiger partial charge in [-0.15, -0.1) is 0 Å². The standard InChI is InChI=1S/C17H25N3O/c18-17(20-21)16(13-4-2-1-3-5-13)11-19-10-15-9-12-6-7-14(15)8-12/h1-5,12,14-16,19,21H,6-11H2,(H2,18,20). The maximum atomic E-state index is 9.00. The van der Waals surface area contributed by atoms with Crippen LogP contribution in [-0.2, 0) is 0 Å². The van der Waals surface area contributed by atoms with E-state index in [2.05, 4.69) is 10.5 Å². The average Bonchev–Trinajstić information content (AvgIpc) is 3.14. The number of rotatable bonds is 6. The number of nitrogens with two attached hydrogens (primary N) is 1. The number of benzene rings is 1. The summed E-state index contributed by atoms with van der Waals surface area (Å²) in [6.45, 7) is 1.79. The molecule has 0 saturated heterocycles. The molecule has 0 aromatic heterocycles. The van der Waals surface area contributed by atoms with E-state index in [1.54, 1.807) is 0 Å². The van der Waals surface area contributed by atoms with Gasteiger partial charge < -0.3 is 16.3 Å². The van der Waals surface area contributed by atoms with Gasteiger partial charge in [0.25, 0.3) is 0 Å². The molecule has 4 heteroatoms. The molecule has 1 aromatic carbocycles. The third-order valence-electron chi connectivity index (χ3n) is 5.31. The SMILES string of the molecule is NC(=NO)C(CNCC1CC2CCC1C2)c1ccccc1. The second-order valence-electron chi connectivity index (χ2n) is 6.58. The Labute approximate surface area is 126 Å². The molecule has 0 heterocycles. The van der Waals surface area contributed by atoms with Gasteiger partial charge in [-0.1, -0.05) is 41.9 Å². The van der Waals surface area contributed by atoms with E-state index < -0.39 is 0 Å². The average molecular weight is 287 g/mol. The monoisotopic (exact) mass is 287 g/mol. The topological polar surface area (TPSA) is 70.6 Å². The van der Waals surface area contributed by atoms with Crippen molar-refractivity contribution in [1.82, 2.24) is 5.32 Å². The van der Waals surface area contributed by atoms with Crippen LogP contribution >= 0.6 is 0 Å². The molecule has 114 valence electrons. The van der Waals surface area contributed by atoms with E-state index in [1.807, 2.05) is 30.3 Å². The minimum atomic E-state index is -0.0604. The van der Waals surface area contributed by atoms with Crippen LogP contribution in [0.2, 0.25) is 0 Å². The van der Waals surface area contributed by atoms with Crippen molar-refractivity contribution in [3.8, 4) is 0 Å². The van der Waals surface area contributed by atoms with Gasteiger partial charge in [-0.05, 0) is 49.1 Å². The molecule has 21 heavy (non-hydrogen) atoms. The molecule has 3 rings (SSSR count). The molecule has 2 saturated carbocycles. The predicted molar refractivity (Wildman–Crippen MR) is 84.4 cm³/mol. The summed E-state index contributed by atoms with van der Waals surface area (Å²) in [6, 6.07) is 10.0. The summed E-state index contributed by atoms with van der Waals surface area (Å²) >= 11 is 0. The number of hydrogen-bond acceptors (Lipinski definition) is 3. The molecular weight excluding hydrogens is 262 g/mol. The molecule has 1 aromatic rings. The van der Waals surface area contributed by atoms with E-state index in [4.69, 9.17) is 10.9 Å². The van der Waals surface area contributed by atoms with Crippen molar-refractivity contribution in [2.45, 2.75) is 31.6 Å². The van der Waals surface area contributed by atoms with Crippen LogP contribution in [0.1, 0.15) is 37.2 Å². The van der Waals surface area contributed by atoms with Gasteiger partial charge in [0, 0.05) is 6.54 Å². The fourth-order valence-corrected chi connectivity index (χ4v) is 4.19. The fourth-order valence-electron chi connectivity index (χ4n) is 4.19. The quantitative estimate of drug-likeness (QED) is 0.326. The van der Waals surface area contributed by atoms with Crippen LogP contribution in [0.15, 0.2) is 35.5 Å². The van der Waals surface area contributed by atoms with Crippen LogP contribution in [0.3, 0.4) is 0 Å². The zero-order valence-corrected chi connectivity index (χ0v) is 12.4. The van der Waals surface area contributed by atoms with Crippen LogP contribution < -0.4 is 11.1 Å². The summed E-state index contributed by atoms with van der Waals surface area (Å²) in [7, 11) is 0. The van der Waals surface area contributed by atoms with Gasteiger partial charge in [-0.3, -0.25) is 0 Å². The Kier molecular flexibility index (Phi) is 4.44. The number of amidine groups is 1. The number of oxime groups is 1. The lowest BCUT2D eigenvalue weighted by Gasteiger charge is -2.23. The molecule has 4 atom stereocenters. The van der Waals surface area contributed by atoms with Crippen LogP contribution in [0.4, 0.5) is 0 Å². The molecule has 0 amide bonds. The Balaban J connectivity index is 1.55. The Bertz CT molecular complexity index is 488. The summed E-state index contributed by atoms with van der Waals surface area (Å²) in [5, 5.41) is 15.8. The Morgan fingerprint density at radius 2 is 2.10 bits per heavy atom. The molecule has 4 unspecified atom stereocenters. The fraction of sp³-hybridized carbons (Fsp3) is 0.588. The van der Waals surface area contributed by atoms with Crippen molar-refractivity contribution in [3.05, 3.63) is 35.9 Å². The summed E-state index contributed by atoms with van der Waals surface area (Å²) in [4.78, 5) is 0. The smallest absolute Gasteiger partial charge is 0.147 e. The van der Waals surface area contributed by atoms with Crippen molar-refractivity contribution in [3.63, 3.8) is 0 Å². The Hall–Kier alpha value is -1.55. The molecule has 0 aliphatic heterocycles. The highest BCUT2D eigenvalue weighted by atomic mass is 16.4. The molecular formula is C17H25N3O. The number of fused-ring (bicyclic) bond motifs is 2. The van der Waals surface area contributed by atoms with Crippen molar-refractivity contribution in [1.29, 1.82) is 0 Å². The summed E-state index contributed by atoms with van der Waals surface area (Å²) in [5.41, 5.74) is 6.95. The third-order valence-corrected chi connectivity index (χ3v) is 5.31. The van der Waals surface area contributed by atoms with Gasteiger partial charge in [0.15, 0.2) is 0 Å². The minimum absolute atomic E-state index is 0.0604. The summed E-state index contributed by atoms with van der Waals surface area (Å²) in [5.74, 6) is 2.96. The van der Waals surface area contributed by atoms with Crippen LogP contribution in [0.5, 0.6) is 0 Å². The van der Waals surface area contributed by atoms with Gasteiger partial charge in [0.1, 0.15) is 5.84 Å². The minimum Gasteiger partial charge on any atom is -0.409 e. The van der Waals surface area contributed by atoms with Crippen molar-refractivity contribution >= 4 is 5.84 Å². The molecule has 0 spiro atoms. The number of hydrogen-bond donors (Lipinski definition) is 3. The normalized spacial score (nSPS) is 29.7. The van der Waals surface area contributed by atoms with E-state index in [1.165, 1.54) is 25.7 Å². The van der Waals surface area contributed by atoms with Crippen LogP contribution in [-0.4, -0.2) is 24.1 Å². The van der Waals surface area contributed by atoms with Crippen LogP contribution in [0, 0.1) is 17.8 Å². The van der Waals surface area contributed by atoms with E-state index in [9.17, 15) is 0 Å². The maximum absolute atomic E-state index is 9.00. The summed E-state index contributed by atoms with van der Waals surface area (Å²) < 4.78 is 0. The van der Waals surface area contributed by atoms with Gasteiger partial charge in [-0.2, -0.15) is 0 Å². The predicted octanol–water partition coefficient (Wildman–Crippen LogP) is 2.54. The molecule has 4 nitrogen and oxygen atoms in total. The Morgan fingerprint density at radius 1 is 1.29 bits per heavy atom. The van der Waals surface area contributed by atoms with Crippen molar-refractivity contribution in [2.24, 2.45) is 28.6 Å². The van der Waals surface area contributed by atoms with Gasteiger partial charge in [0.2, 0.25) is 0 Å². The zero-order chi connectivity index (χ0) is 14.7. The van der Waals surface area contributed by atoms with E-state index in [0.29, 0.717) is 0 Å². The first-order chi connectivity index (χ1) is 10.3. The first-order valence-corrected chi connectivity index (χ1v) is 8.01. The molecule has 4 N–H and O–H groups in total. The molecule has 2 fully saturated rings. The molecule has 2 aliphatic rings. The first kappa shape index (κ1) is 14.4. The van der Waals surface area contributed by atoms with Crippen molar-refractivity contribution < 1.29 is 5.21 Å². The van der Waals surface area contributed by atoms with E-state index in [0.717, 1.165) is 36.4 Å². The van der Waals surface area contributed by atoms with Gasteiger partial charge in [0.05, 0.1) is 5.92 Å². The largest absolute Gasteiger partial charge is 0.409 e. The number of nitrogens with one attached hydrogen (secondary N) is 1. The Morgan fingerprint density at radius 3 is 2.71 bits per heavy atom. The highest BCUT2D eigenvalue weighted by Gasteiger charge is 2.38. The number of nitrogens with zero attached hydrogens (tertiary/aromatic N) is 1. The van der Waals surface area contributed by atoms with E-state index >= 15 is 0 Å². The van der Waals surface area contributed by atoms with E-state index in [-0.39, 0.29) is 11.8 Å². The van der Waals surface area contributed by atoms with Gasteiger partial charge >= 0.3 is 0 Å². The first-order valence-electron chi connectivity index (χ1n) is 8.01.